The first-order chi connectivity index (χ1) is 4.77. The topological polar surface area (TPSA) is 20.2 Å². The van der Waals surface area contributed by atoms with E-state index >= 15 is 0 Å². The van der Waals surface area contributed by atoms with Crippen LogP contribution in [0.4, 0.5) is 0 Å². The lowest BCUT2D eigenvalue weighted by molar-refractivity contribution is 0.473. The maximum Gasteiger partial charge on any atom is 0.0791 e. The lowest BCUT2D eigenvalue weighted by atomic mass is 10.2. The van der Waals surface area contributed by atoms with Crippen LogP contribution in [-0.2, 0) is 0 Å². The molecule has 0 rings (SSSR count). The van der Waals surface area contributed by atoms with Gasteiger partial charge in [-0.1, -0.05) is 39.8 Å². The van der Waals surface area contributed by atoms with Gasteiger partial charge in [0.05, 0.1) is 6.26 Å². The summed E-state index contributed by atoms with van der Waals surface area (Å²) in [6.45, 7) is 8.17. The molecule has 0 saturated heterocycles. The average molecular weight is 142 g/mol. The third kappa shape index (κ3) is 15.7. The van der Waals surface area contributed by atoms with E-state index < -0.39 is 0 Å². The molecule has 0 aromatic rings. The van der Waals surface area contributed by atoms with E-state index in [0.29, 0.717) is 5.92 Å². The average Bonchev–Trinajstić information content (AvgIpc) is 1.92. The smallest absolute Gasteiger partial charge is 0.0791 e. The van der Waals surface area contributed by atoms with E-state index in [4.69, 9.17) is 5.11 Å². The van der Waals surface area contributed by atoms with Gasteiger partial charge in [-0.3, -0.25) is 0 Å². The maximum atomic E-state index is 8.15. The highest BCUT2D eigenvalue weighted by molar-refractivity contribution is 5.00. The SMILES string of the molecule is CC.CC(C)/C=C\C=C/O. The Morgan fingerprint density at radius 3 is 1.90 bits per heavy atom. The first-order valence-corrected chi connectivity index (χ1v) is 3.75. The van der Waals surface area contributed by atoms with Gasteiger partial charge in [0.15, 0.2) is 0 Å². The maximum absolute atomic E-state index is 8.15. The quantitative estimate of drug-likeness (QED) is 0.463. The van der Waals surface area contributed by atoms with Gasteiger partial charge in [-0.2, -0.15) is 0 Å². The van der Waals surface area contributed by atoms with Crippen molar-refractivity contribution in [2.45, 2.75) is 27.7 Å². The van der Waals surface area contributed by atoms with E-state index in [1.807, 2.05) is 26.0 Å². The number of allylic oxidation sites excluding steroid dienone is 3. The molecule has 0 aliphatic heterocycles. The molecule has 0 fully saturated rings. The number of aliphatic hydroxyl groups excluding tert-OH is 1. The third-order valence-corrected chi connectivity index (χ3v) is 0.693. The summed E-state index contributed by atoms with van der Waals surface area (Å²) in [5, 5.41) is 8.15. The van der Waals surface area contributed by atoms with Crippen LogP contribution < -0.4 is 0 Å². The molecule has 60 valence electrons. The highest BCUT2D eigenvalue weighted by Gasteiger charge is 1.78. The molecule has 0 aliphatic carbocycles. The van der Waals surface area contributed by atoms with E-state index in [1.54, 1.807) is 6.08 Å². The molecular formula is C9H18O. The van der Waals surface area contributed by atoms with Crippen LogP contribution in [0.25, 0.3) is 0 Å². The molecular weight excluding hydrogens is 124 g/mol. The Morgan fingerprint density at radius 1 is 1.10 bits per heavy atom. The van der Waals surface area contributed by atoms with Gasteiger partial charge in [0.2, 0.25) is 0 Å². The van der Waals surface area contributed by atoms with Gasteiger partial charge in [0.1, 0.15) is 0 Å². The molecule has 0 heterocycles. The predicted molar refractivity (Wildman–Crippen MR) is 47.1 cm³/mol. The van der Waals surface area contributed by atoms with Crippen molar-refractivity contribution in [2.24, 2.45) is 5.92 Å². The van der Waals surface area contributed by atoms with Crippen LogP contribution >= 0.6 is 0 Å². The minimum absolute atomic E-state index is 0.561. The summed E-state index contributed by atoms with van der Waals surface area (Å²) in [6, 6.07) is 0. The molecule has 0 saturated carbocycles. The van der Waals surface area contributed by atoms with Crippen molar-refractivity contribution in [2.75, 3.05) is 0 Å². The number of hydrogen-bond acceptors (Lipinski definition) is 1. The van der Waals surface area contributed by atoms with E-state index in [9.17, 15) is 0 Å². The lowest BCUT2D eigenvalue weighted by Gasteiger charge is -1.87. The van der Waals surface area contributed by atoms with Gasteiger partial charge in [0, 0.05) is 0 Å². The van der Waals surface area contributed by atoms with Crippen LogP contribution in [-0.4, -0.2) is 5.11 Å². The van der Waals surface area contributed by atoms with Gasteiger partial charge in [-0.05, 0) is 12.0 Å². The molecule has 0 spiro atoms. The van der Waals surface area contributed by atoms with Gasteiger partial charge in [0.25, 0.3) is 0 Å². The summed E-state index contributed by atoms with van der Waals surface area (Å²) in [5.41, 5.74) is 0. The standard InChI is InChI=1S/C7H12O.C2H6/c1-7(2)5-3-4-6-8;1-2/h3-8H,1-2H3;1-2H3/b5-3-,6-4-;. The Morgan fingerprint density at radius 2 is 1.60 bits per heavy atom. The second kappa shape index (κ2) is 11.1. The zero-order chi connectivity index (χ0) is 8.41. The van der Waals surface area contributed by atoms with E-state index in [2.05, 4.69) is 13.8 Å². The van der Waals surface area contributed by atoms with Crippen LogP contribution in [0, 0.1) is 5.92 Å². The third-order valence-electron chi connectivity index (χ3n) is 0.693. The molecule has 1 N–H and O–H groups in total. The zero-order valence-corrected chi connectivity index (χ0v) is 7.33. The van der Waals surface area contributed by atoms with Gasteiger partial charge >= 0.3 is 0 Å². The summed E-state index contributed by atoms with van der Waals surface area (Å²) in [4.78, 5) is 0. The van der Waals surface area contributed by atoms with Crippen molar-refractivity contribution < 1.29 is 5.11 Å². The minimum Gasteiger partial charge on any atom is -0.516 e. The predicted octanol–water partition coefficient (Wildman–Crippen LogP) is 3.30. The Kier molecular flexibility index (Phi) is 13.4. The van der Waals surface area contributed by atoms with E-state index in [0.717, 1.165) is 6.26 Å². The van der Waals surface area contributed by atoms with Crippen LogP contribution in [0.3, 0.4) is 0 Å². The Labute approximate surface area is 64.1 Å². The molecule has 0 atom stereocenters. The summed E-state index contributed by atoms with van der Waals surface area (Å²) in [6.07, 6.45) is 6.45. The minimum atomic E-state index is 0.561. The fourth-order valence-corrected chi connectivity index (χ4v) is 0.336. The molecule has 1 heteroatoms. The highest BCUT2D eigenvalue weighted by atomic mass is 16.2. The van der Waals surface area contributed by atoms with E-state index in [-0.39, 0.29) is 0 Å². The van der Waals surface area contributed by atoms with Crippen LogP contribution in [0.1, 0.15) is 27.7 Å². The van der Waals surface area contributed by atoms with Crippen molar-refractivity contribution >= 4 is 0 Å². The van der Waals surface area contributed by atoms with Gasteiger partial charge in [-0.25, -0.2) is 0 Å². The largest absolute Gasteiger partial charge is 0.516 e. The summed E-state index contributed by atoms with van der Waals surface area (Å²) < 4.78 is 0. The zero-order valence-electron chi connectivity index (χ0n) is 7.33. The Hall–Kier alpha value is -0.720. The molecule has 0 aromatic heterocycles. The lowest BCUT2D eigenvalue weighted by Crippen LogP contribution is -1.74. The molecule has 0 bridgehead atoms. The summed E-state index contributed by atoms with van der Waals surface area (Å²) in [5.74, 6) is 0.561. The van der Waals surface area contributed by atoms with Gasteiger partial charge < -0.3 is 5.11 Å². The number of rotatable bonds is 2. The molecule has 0 unspecified atom stereocenters. The Balaban J connectivity index is 0. The second-order valence-corrected chi connectivity index (χ2v) is 1.97. The van der Waals surface area contributed by atoms with Crippen molar-refractivity contribution in [1.29, 1.82) is 0 Å². The summed E-state index contributed by atoms with van der Waals surface area (Å²) >= 11 is 0. The molecule has 10 heavy (non-hydrogen) atoms. The fourth-order valence-electron chi connectivity index (χ4n) is 0.336. The normalized spacial score (nSPS) is 10.5. The monoisotopic (exact) mass is 142 g/mol. The summed E-state index contributed by atoms with van der Waals surface area (Å²) in [7, 11) is 0. The van der Waals surface area contributed by atoms with Crippen molar-refractivity contribution in [3.8, 4) is 0 Å². The van der Waals surface area contributed by atoms with Crippen LogP contribution in [0.2, 0.25) is 0 Å². The molecule has 0 amide bonds. The molecule has 0 radical (unpaired) electrons. The molecule has 1 nitrogen and oxygen atoms in total. The first kappa shape index (κ1) is 12.0. The van der Waals surface area contributed by atoms with Crippen LogP contribution in [0.15, 0.2) is 24.5 Å². The molecule has 0 aliphatic rings. The first-order valence-electron chi connectivity index (χ1n) is 3.75. The Bertz CT molecular complexity index is 90.9. The second-order valence-electron chi connectivity index (χ2n) is 1.97. The number of hydrogen-bond donors (Lipinski definition) is 1. The van der Waals surface area contributed by atoms with Gasteiger partial charge in [-0.15, -0.1) is 0 Å². The number of aliphatic hydroxyl groups is 1. The van der Waals surface area contributed by atoms with Crippen molar-refractivity contribution in [3.63, 3.8) is 0 Å². The fraction of sp³-hybridized carbons (Fsp3) is 0.556. The van der Waals surface area contributed by atoms with Crippen LogP contribution in [0.5, 0.6) is 0 Å². The van der Waals surface area contributed by atoms with Crippen molar-refractivity contribution in [1.82, 2.24) is 0 Å². The van der Waals surface area contributed by atoms with E-state index in [1.165, 1.54) is 0 Å². The van der Waals surface area contributed by atoms with Crippen molar-refractivity contribution in [3.05, 3.63) is 24.5 Å². The highest BCUT2D eigenvalue weighted by Crippen LogP contribution is 1.92. The molecule has 0 aromatic carbocycles.